The Balaban J connectivity index is 2.18. The highest BCUT2D eigenvalue weighted by Gasteiger charge is 2.10. The summed E-state index contributed by atoms with van der Waals surface area (Å²) in [4.78, 5) is 0.654. The first-order chi connectivity index (χ1) is 9.77. The Hall–Kier alpha value is -1.73. The molecule has 0 radical (unpaired) electrons. The Morgan fingerprint density at radius 2 is 1.76 bits per heavy atom. The van der Waals surface area contributed by atoms with Crippen molar-refractivity contribution in [2.24, 2.45) is 0 Å². The summed E-state index contributed by atoms with van der Waals surface area (Å²) in [6.07, 6.45) is 1.11. The number of nitrogen functional groups attached to an aromatic ring is 1. The highest BCUT2D eigenvalue weighted by Crippen LogP contribution is 2.18. The van der Waals surface area contributed by atoms with Gasteiger partial charge in [-0.1, -0.05) is 6.07 Å². The number of rotatable bonds is 4. The predicted molar refractivity (Wildman–Crippen MR) is 80.5 cm³/mol. The molecule has 0 saturated carbocycles. The zero-order chi connectivity index (χ0) is 15.6. The zero-order valence-corrected chi connectivity index (χ0v) is 12.9. The van der Waals surface area contributed by atoms with Gasteiger partial charge in [-0.05, 0) is 42.0 Å². The number of nitrogens with two attached hydrogens (primary N) is 1. The zero-order valence-electron chi connectivity index (χ0n) is 11.2. The standard InChI is InChI=1S/C14H14FNO3S2/c1-21(18,19)12-5-3-11(4-6-12)20(17)9-10-2-7-14(16)13(15)8-10/h2-8H,9,16H2,1H3. The fourth-order valence-corrected chi connectivity index (χ4v) is 3.45. The number of anilines is 1. The molecule has 0 saturated heterocycles. The fourth-order valence-electron chi connectivity index (χ4n) is 1.73. The molecule has 2 aromatic rings. The van der Waals surface area contributed by atoms with Gasteiger partial charge in [0.2, 0.25) is 0 Å². The van der Waals surface area contributed by atoms with Gasteiger partial charge in [-0.2, -0.15) is 0 Å². The van der Waals surface area contributed by atoms with Crippen molar-refractivity contribution in [1.29, 1.82) is 0 Å². The van der Waals surface area contributed by atoms with Gasteiger partial charge >= 0.3 is 0 Å². The van der Waals surface area contributed by atoms with Crippen LogP contribution in [0.25, 0.3) is 0 Å². The molecule has 0 aliphatic heterocycles. The van der Waals surface area contributed by atoms with Crippen LogP contribution in [0.2, 0.25) is 0 Å². The Labute approximate surface area is 125 Å². The van der Waals surface area contributed by atoms with Gasteiger partial charge in [-0.3, -0.25) is 4.21 Å². The van der Waals surface area contributed by atoms with E-state index in [0.717, 1.165) is 6.26 Å². The van der Waals surface area contributed by atoms with Gasteiger partial charge in [0.1, 0.15) is 5.82 Å². The lowest BCUT2D eigenvalue weighted by Crippen LogP contribution is -2.00. The van der Waals surface area contributed by atoms with Gasteiger partial charge in [-0.15, -0.1) is 0 Å². The third-order valence-electron chi connectivity index (χ3n) is 2.88. The van der Waals surface area contributed by atoms with E-state index in [0.29, 0.717) is 10.5 Å². The van der Waals surface area contributed by atoms with Crippen LogP contribution < -0.4 is 5.73 Å². The second kappa shape index (κ2) is 5.95. The van der Waals surface area contributed by atoms with E-state index in [4.69, 9.17) is 5.73 Å². The molecule has 2 rings (SSSR count). The molecule has 1 atom stereocenters. The molecule has 0 amide bonds. The number of benzene rings is 2. The van der Waals surface area contributed by atoms with Crippen molar-refractivity contribution in [3.63, 3.8) is 0 Å². The van der Waals surface area contributed by atoms with E-state index in [-0.39, 0.29) is 16.3 Å². The Kier molecular flexibility index (Phi) is 4.43. The van der Waals surface area contributed by atoms with Gasteiger partial charge in [0.15, 0.2) is 9.84 Å². The predicted octanol–water partition coefficient (Wildman–Crippen LogP) is 2.12. The topological polar surface area (TPSA) is 77.2 Å². The van der Waals surface area contributed by atoms with E-state index in [1.54, 1.807) is 6.07 Å². The lowest BCUT2D eigenvalue weighted by Gasteiger charge is -2.05. The maximum Gasteiger partial charge on any atom is 0.175 e. The summed E-state index contributed by atoms with van der Waals surface area (Å²) in [6.45, 7) is 0. The van der Waals surface area contributed by atoms with Crippen molar-refractivity contribution in [2.45, 2.75) is 15.5 Å². The van der Waals surface area contributed by atoms with Crippen molar-refractivity contribution in [2.75, 3.05) is 12.0 Å². The van der Waals surface area contributed by atoms with Crippen LogP contribution in [0.5, 0.6) is 0 Å². The molecule has 0 aliphatic rings. The van der Waals surface area contributed by atoms with E-state index >= 15 is 0 Å². The maximum absolute atomic E-state index is 13.3. The van der Waals surface area contributed by atoms with Crippen molar-refractivity contribution in [1.82, 2.24) is 0 Å². The summed E-state index contributed by atoms with van der Waals surface area (Å²) in [7, 11) is -4.66. The van der Waals surface area contributed by atoms with Crippen LogP contribution in [0.1, 0.15) is 5.56 Å². The lowest BCUT2D eigenvalue weighted by molar-refractivity contribution is 0.601. The monoisotopic (exact) mass is 327 g/mol. The minimum absolute atomic E-state index is 0.0436. The number of hydrogen-bond acceptors (Lipinski definition) is 4. The molecule has 2 N–H and O–H groups in total. The fraction of sp³-hybridized carbons (Fsp3) is 0.143. The van der Waals surface area contributed by atoms with Crippen LogP contribution >= 0.6 is 0 Å². The minimum Gasteiger partial charge on any atom is -0.396 e. The SMILES string of the molecule is CS(=O)(=O)c1ccc(S(=O)Cc2ccc(N)c(F)c2)cc1. The molecular formula is C14H14FNO3S2. The molecule has 0 spiro atoms. The third kappa shape index (κ3) is 3.89. The second-order valence-corrected chi connectivity index (χ2v) is 8.06. The summed E-state index contributed by atoms with van der Waals surface area (Å²) >= 11 is 0. The first kappa shape index (κ1) is 15.7. The summed E-state index contributed by atoms with van der Waals surface area (Å²) in [5.41, 5.74) is 5.99. The third-order valence-corrected chi connectivity index (χ3v) is 5.40. The molecule has 2 aromatic carbocycles. The molecule has 0 fully saturated rings. The van der Waals surface area contributed by atoms with Gasteiger partial charge in [0.25, 0.3) is 0 Å². The van der Waals surface area contributed by atoms with Crippen LogP contribution in [0.4, 0.5) is 10.1 Å². The molecule has 0 aliphatic carbocycles. The average molecular weight is 327 g/mol. The van der Waals surface area contributed by atoms with Crippen molar-refractivity contribution in [3.8, 4) is 0 Å². The highest BCUT2D eigenvalue weighted by atomic mass is 32.2. The molecule has 1 unspecified atom stereocenters. The van der Waals surface area contributed by atoms with Crippen LogP contribution in [0, 0.1) is 5.82 Å². The van der Waals surface area contributed by atoms with Gasteiger partial charge in [-0.25, -0.2) is 12.8 Å². The van der Waals surface area contributed by atoms with Crippen LogP contribution in [-0.2, 0) is 26.4 Å². The van der Waals surface area contributed by atoms with E-state index in [1.165, 1.54) is 36.4 Å². The van der Waals surface area contributed by atoms with E-state index in [2.05, 4.69) is 0 Å². The van der Waals surface area contributed by atoms with Gasteiger partial charge in [0.05, 0.1) is 27.1 Å². The molecule has 21 heavy (non-hydrogen) atoms. The van der Waals surface area contributed by atoms with Crippen LogP contribution in [0.3, 0.4) is 0 Å². The highest BCUT2D eigenvalue weighted by molar-refractivity contribution is 7.90. The number of sulfone groups is 1. The Morgan fingerprint density at radius 1 is 1.14 bits per heavy atom. The average Bonchev–Trinajstić information content (AvgIpc) is 2.42. The molecular weight excluding hydrogens is 313 g/mol. The first-order valence-corrected chi connectivity index (χ1v) is 9.21. The van der Waals surface area contributed by atoms with Crippen LogP contribution in [-0.4, -0.2) is 18.9 Å². The minimum atomic E-state index is -3.28. The molecule has 0 aromatic heterocycles. The second-order valence-electron chi connectivity index (χ2n) is 4.59. The van der Waals surface area contributed by atoms with E-state index < -0.39 is 26.5 Å². The summed E-state index contributed by atoms with van der Waals surface area (Å²) in [5, 5.41) is 0. The maximum atomic E-state index is 13.3. The van der Waals surface area contributed by atoms with Gasteiger partial charge in [0, 0.05) is 11.2 Å². The van der Waals surface area contributed by atoms with Crippen molar-refractivity contribution >= 4 is 26.3 Å². The normalized spacial score (nSPS) is 13.0. The first-order valence-electron chi connectivity index (χ1n) is 6.00. The Morgan fingerprint density at radius 3 is 2.29 bits per heavy atom. The summed E-state index contributed by atoms with van der Waals surface area (Å²) in [6, 6.07) is 10.1. The molecule has 4 nitrogen and oxygen atoms in total. The Bertz CT molecular complexity index is 786. The molecule has 0 heterocycles. The lowest BCUT2D eigenvalue weighted by atomic mass is 10.2. The largest absolute Gasteiger partial charge is 0.396 e. The number of halogens is 1. The van der Waals surface area contributed by atoms with Crippen molar-refractivity contribution in [3.05, 3.63) is 53.8 Å². The van der Waals surface area contributed by atoms with Crippen LogP contribution in [0.15, 0.2) is 52.3 Å². The smallest absolute Gasteiger partial charge is 0.175 e. The quantitative estimate of drug-likeness (QED) is 0.873. The van der Waals surface area contributed by atoms with E-state index in [1.807, 2.05) is 0 Å². The van der Waals surface area contributed by atoms with E-state index in [9.17, 15) is 17.0 Å². The summed E-state index contributed by atoms with van der Waals surface area (Å²) < 4.78 is 48.2. The van der Waals surface area contributed by atoms with Gasteiger partial charge < -0.3 is 5.73 Å². The molecule has 0 bridgehead atoms. The van der Waals surface area contributed by atoms with Crippen molar-refractivity contribution < 1.29 is 17.0 Å². The molecule has 7 heteroatoms. The number of hydrogen-bond donors (Lipinski definition) is 1. The molecule has 112 valence electrons. The summed E-state index contributed by atoms with van der Waals surface area (Å²) in [5.74, 6) is -0.410.